The van der Waals surface area contributed by atoms with E-state index in [4.69, 9.17) is 4.74 Å². The van der Waals surface area contributed by atoms with Crippen molar-refractivity contribution in [2.45, 2.75) is 71.6 Å². The molecule has 2 unspecified atom stereocenters. The van der Waals surface area contributed by atoms with Gasteiger partial charge in [-0.1, -0.05) is 76.2 Å². The van der Waals surface area contributed by atoms with Crippen molar-refractivity contribution < 1.29 is 14.6 Å². The third-order valence-corrected chi connectivity index (χ3v) is 5.06. The van der Waals surface area contributed by atoms with Crippen LogP contribution in [0.3, 0.4) is 0 Å². The van der Waals surface area contributed by atoms with Crippen LogP contribution >= 0.6 is 0 Å². The van der Waals surface area contributed by atoms with Gasteiger partial charge in [0.2, 0.25) is 0 Å². The molecule has 0 amide bonds. The molecule has 0 saturated carbocycles. The van der Waals surface area contributed by atoms with Crippen LogP contribution in [0.25, 0.3) is 0 Å². The summed E-state index contributed by atoms with van der Waals surface area (Å²) < 4.78 is 5.21. The van der Waals surface area contributed by atoms with Gasteiger partial charge in [0.15, 0.2) is 0 Å². The minimum Gasteiger partial charge on any atom is -0.481 e. The van der Waals surface area contributed by atoms with Crippen molar-refractivity contribution in [2.75, 3.05) is 13.7 Å². The highest BCUT2D eigenvalue weighted by atomic mass is 16.5. The molecule has 3 heteroatoms. The van der Waals surface area contributed by atoms with E-state index in [-0.39, 0.29) is 5.92 Å². The smallest absolute Gasteiger partial charge is 0.314 e. The zero-order chi connectivity index (χ0) is 17.1. The molecule has 0 aliphatic heterocycles. The molecule has 0 fully saturated rings. The van der Waals surface area contributed by atoms with Crippen molar-refractivity contribution in [3.63, 3.8) is 0 Å². The topological polar surface area (TPSA) is 46.5 Å². The average molecular weight is 322 g/mol. The molecule has 0 aromatic heterocycles. The van der Waals surface area contributed by atoms with E-state index >= 15 is 0 Å². The zero-order valence-corrected chi connectivity index (χ0v) is 15.1. The number of carboxylic acids is 1. The van der Waals surface area contributed by atoms with Gasteiger partial charge in [0, 0.05) is 13.7 Å². The number of ether oxygens (including phenoxy) is 1. The van der Waals surface area contributed by atoms with E-state index in [1.807, 2.05) is 12.2 Å². The second-order valence-corrected chi connectivity index (χ2v) is 6.68. The van der Waals surface area contributed by atoms with Crippen molar-refractivity contribution in [2.24, 2.45) is 11.3 Å². The lowest BCUT2D eigenvalue weighted by Gasteiger charge is -2.36. The van der Waals surface area contributed by atoms with Crippen LogP contribution in [-0.2, 0) is 9.53 Å². The molecule has 0 heterocycles. The third kappa shape index (κ3) is 5.80. The predicted molar refractivity (Wildman–Crippen MR) is 95.6 cm³/mol. The molecule has 23 heavy (non-hydrogen) atoms. The Labute approximate surface area is 141 Å². The summed E-state index contributed by atoms with van der Waals surface area (Å²) in [5, 5.41) is 9.94. The standard InChI is InChI=1S/C20H34O3/c1-4-6-7-8-9-10-13-20(19(21)22)14-11-17(5-2)16-18(20)12-15-23-3/h11,14,16,18H,4-10,12-13,15H2,1-3H3,(H,21,22). The highest BCUT2D eigenvalue weighted by molar-refractivity contribution is 5.78. The first kappa shape index (κ1) is 20.0. The molecule has 2 atom stereocenters. The number of rotatable bonds is 12. The first-order valence-corrected chi connectivity index (χ1v) is 9.23. The number of unbranched alkanes of at least 4 members (excludes halogenated alkanes) is 5. The fraction of sp³-hybridized carbons (Fsp3) is 0.750. The van der Waals surface area contributed by atoms with Gasteiger partial charge in [-0.15, -0.1) is 0 Å². The second-order valence-electron chi connectivity index (χ2n) is 6.68. The van der Waals surface area contributed by atoms with Crippen molar-refractivity contribution in [1.82, 2.24) is 0 Å². The molecule has 1 aliphatic carbocycles. The Morgan fingerprint density at radius 1 is 1.22 bits per heavy atom. The van der Waals surface area contributed by atoms with Gasteiger partial charge in [0.1, 0.15) is 0 Å². The van der Waals surface area contributed by atoms with E-state index in [1.54, 1.807) is 7.11 Å². The third-order valence-electron chi connectivity index (χ3n) is 5.06. The zero-order valence-electron chi connectivity index (χ0n) is 15.1. The Kier molecular flexibility index (Phi) is 9.23. The number of carbonyl (C=O) groups is 1. The number of hydrogen-bond donors (Lipinski definition) is 1. The van der Waals surface area contributed by atoms with Gasteiger partial charge < -0.3 is 9.84 Å². The fourth-order valence-electron chi connectivity index (χ4n) is 3.47. The van der Waals surface area contributed by atoms with Crippen molar-refractivity contribution in [3.05, 3.63) is 23.8 Å². The van der Waals surface area contributed by atoms with Gasteiger partial charge in [-0.05, 0) is 25.2 Å². The molecule has 0 spiro atoms. The summed E-state index contributed by atoms with van der Waals surface area (Å²) in [5.74, 6) is -0.648. The Bertz CT molecular complexity index is 411. The van der Waals surface area contributed by atoms with Crippen LogP contribution < -0.4 is 0 Å². The molecule has 0 aromatic rings. The predicted octanol–water partition coefficient (Wildman–Crippen LogP) is 5.37. The lowest BCUT2D eigenvalue weighted by Crippen LogP contribution is -2.38. The highest BCUT2D eigenvalue weighted by Crippen LogP contribution is 2.42. The van der Waals surface area contributed by atoms with Crippen LogP contribution in [-0.4, -0.2) is 24.8 Å². The van der Waals surface area contributed by atoms with Gasteiger partial charge >= 0.3 is 5.97 Å². The quantitative estimate of drug-likeness (QED) is 0.491. The van der Waals surface area contributed by atoms with Crippen LogP contribution in [0.2, 0.25) is 0 Å². The lowest BCUT2D eigenvalue weighted by atomic mass is 9.67. The summed E-state index contributed by atoms with van der Waals surface area (Å²) in [6, 6.07) is 0. The summed E-state index contributed by atoms with van der Waals surface area (Å²) in [4.78, 5) is 12.1. The van der Waals surface area contributed by atoms with Gasteiger partial charge in [-0.3, -0.25) is 4.79 Å². The van der Waals surface area contributed by atoms with E-state index in [0.717, 1.165) is 32.1 Å². The molecular formula is C20H34O3. The average Bonchev–Trinajstić information content (AvgIpc) is 2.56. The summed E-state index contributed by atoms with van der Waals surface area (Å²) >= 11 is 0. The molecular weight excluding hydrogens is 288 g/mol. The number of allylic oxidation sites excluding steroid dienone is 3. The normalized spacial score (nSPS) is 23.8. The van der Waals surface area contributed by atoms with E-state index in [0.29, 0.717) is 6.61 Å². The van der Waals surface area contributed by atoms with E-state index in [9.17, 15) is 9.90 Å². The summed E-state index contributed by atoms with van der Waals surface area (Å²) in [6.07, 6.45) is 15.7. The SMILES string of the molecule is CCCCCCCCC1(C(=O)O)C=CC(CC)=CC1CCOC. The summed E-state index contributed by atoms with van der Waals surface area (Å²) in [7, 11) is 1.68. The minimum absolute atomic E-state index is 0.0375. The maximum absolute atomic E-state index is 12.1. The number of hydrogen-bond acceptors (Lipinski definition) is 2. The Hall–Kier alpha value is -1.09. The largest absolute Gasteiger partial charge is 0.481 e. The van der Waals surface area contributed by atoms with Crippen LogP contribution in [0.15, 0.2) is 23.8 Å². The van der Waals surface area contributed by atoms with Gasteiger partial charge in [-0.25, -0.2) is 0 Å². The summed E-state index contributed by atoms with van der Waals surface area (Å²) in [6.45, 7) is 4.94. The highest BCUT2D eigenvalue weighted by Gasteiger charge is 2.43. The Morgan fingerprint density at radius 3 is 2.52 bits per heavy atom. The molecule has 132 valence electrons. The first-order valence-electron chi connectivity index (χ1n) is 9.23. The monoisotopic (exact) mass is 322 g/mol. The number of carboxylic acid groups (broad SMARTS) is 1. The van der Waals surface area contributed by atoms with E-state index < -0.39 is 11.4 Å². The van der Waals surface area contributed by atoms with Crippen LogP contribution in [0.4, 0.5) is 0 Å². The van der Waals surface area contributed by atoms with Gasteiger partial charge in [-0.2, -0.15) is 0 Å². The van der Waals surface area contributed by atoms with E-state index in [1.165, 1.54) is 31.3 Å². The maximum Gasteiger partial charge on any atom is 0.314 e. The molecule has 0 aromatic carbocycles. The molecule has 3 nitrogen and oxygen atoms in total. The molecule has 0 saturated heterocycles. The van der Waals surface area contributed by atoms with Crippen LogP contribution in [0, 0.1) is 11.3 Å². The maximum atomic E-state index is 12.1. The second kappa shape index (κ2) is 10.6. The molecule has 1 aliphatic rings. The van der Waals surface area contributed by atoms with Crippen molar-refractivity contribution in [3.8, 4) is 0 Å². The Morgan fingerprint density at radius 2 is 1.91 bits per heavy atom. The van der Waals surface area contributed by atoms with Gasteiger partial charge in [0.05, 0.1) is 5.41 Å². The minimum atomic E-state index is -0.748. The van der Waals surface area contributed by atoms with Crippen molar-refractivity contribution >= 4 is 5.97 Å². The van der Waals surface area contributed by atoms with E-state index in [2.05, 4.69) is 19.9 Å². The Balaban J connectivity index is 2.73. The van der Waals surface area contributed by atoms with Crippen molar-refractivity contribution in [1.29, 1.82) is 0 Å². The summed E-state index contributed by atoms with van der Waals surface area (Å²) in [5.41, 5.74) is 0.494. The van der Waals surface area contributed by atoms with Crippen LogP contribution in [0.5, 0.6) is 0 Å². The molecule has 1 rings (SSSR count). The number of methoxy groups -OCH3 is 1. The van der Waals surface area contributed by atoms with Gasteiger partial charge in [0.25, 0.3) is 0 Å². The molecule has 0 radical (unpaired) electrons. The van der Waals surface area contributed by atoms with Crippen LogP contribution in [0.1, 0.15) is 71.6 Å². The molecule has 0 bridgehead atoms. The first-order chi connectivity index (χ1) is 11.1. The molecule has 1 N–H and O–H groups in total. The number of aliphatic carboxylic acids is 1. The fourth-order valence-corrected chi connectivity index (χ4v) is 3.47. The lowest BCUT2D eigenvalue weighted by molar-refractivity contribution is -0.149.